The van der Waals surface area contributed by atoms with E-state index in [1.54, 1.807) is 19.2 Å². The molecule has 0 spiro atoms. The number of nitrogens with zero attached hydrogens (tertiary/aromatic N) is 1. The Balaban J connectivity index is 2.33. The van der Waals surface area contributed by atoms with Crippen molar-refractivity contribution in [1.82, 2.24) is 15.5 Å². The van der Waals surface area contributed by atoms with E-state index in [4.69, 9.17) is 0 Å². The van der Waals surface area contributed by atoms with Gasteiger partial charge in [-0.15, -0.1) is 0 Å². The number of hydrogen-bond acceptors (Lipinski definition) is 4. The predicted octanol–water partition coefficient (Wildman–Crippen LogP) is 1.53. The molecule has 0 saturated carbocycles. The zero-order valence-electron chi connectivity index (χ0n) is 10.1. The van der Waals surface area contributed by atoms with Crippen LogP contribution in [0.4, 0.5) is 5.69 Å². The van der Waals surface area contributed by atoms with Gasteiger partial charge in [-0.1, -0.05) is 12.1 Å². The summed E-state index contributed by atoms with van der Waals surface area (Å²) in [6.07, 6.45) is 1.50. The Morgan fingerprint density at radius 3 is 2.79 bits per heavy atom. The molecule has 0 unspecified atom stereocenters. The molecule has 8 heteroatoms. The van der Waals surface area contributed by atoms with E-state index in [9.17, 15) is 8.42 Å². The van der Waals surface area contributed by atoms with Gasteiger partial charge < -0.3 is 5.32 Å². The zero-order chi connectivity index (χ0) is 13.9. The first-order chi connectivity index (χ1) is 9.04. The molecule has 0 fully saturated rings. The Labute approximate surface area is 125 Å². The van der Waals surface area contributed by atoms with Gasteiger partial charge in [0.15, 0.2) is 5.03 Å². The summed E-state index contributed by atoms with van der Waals surface area (Å²) < 4.78 is 28.0. The molecule has 0 radical (unpaired) electrons. The van der Waals surface area contributed by atoms with Gasteiger partial charge in [0.25, 0.3) is 10.0 Å². The van der Waals surface area contributed by atoms with E-state index in [0.29, 0.717) is 17.8 Å². The molecule has 2 rings (SSSR count). The predicted molar refractivity (Wildman–Crippen MR) is 81.3 cm³/mol. The second-order valence-electron chi connectivity index (χ2n) is 3.84. The van der Waals surface area contributed by atoms with Crippen molar-refractivity contribution in [2.75, 3.05) is 11.8 Å². The van der Waals surface area contributed by atoms with E-state index in [0.717, 1.165) is 3.57 Å². The minimum atomic E-state index is -3.66. The molecular weight excluding hydrogens is 379 g/mol. The highest BCUT2D eigenvalue weighted by atomic mass is 127. The Hall–Kier alpha value is -1.13. The average Bonchev–Trinajstić information content (AvgIpc) is 2.81. The van der Waals surface area contributed by atoms with Crippen LogP contribution in [0.3, 0.4) is 0 Å². The lowest BCUT2D eigenvalue weighted by molar-refractivity contribution is 0.595. The first-order valence-corrected chi connectivity index (χ1v) is 8.05. The van der Waals surface area contributed by atoms with Crippen LogP contribution < -0.4 is 10.0 Å². The number of aromatic nitrogens is 2. The van der Waals surface area contributed by atoms with E-state index in [1.165, 1.54) is 6.20 Å². The van der Waals surface area contributed by atoms with Gasteiger partial charge in [0.2, 0.25) is 0 Å². The lowest BCUT2D eigenvalue weighted by Gasteiger charge is -2.09. The SMILES string of the molecule is CNCc1cn[nH]c1S(=O)(=O)Nc1ccccc1I. The van der Waals surface area contributed by atoms with Crippen LogP contribution in [0.5, 0.6) is 0 Å². The second-order valence-corrected chi connectivity index (χ2v) is 6.62. The van der Waals surface area contributed by atoms with Gasteiger partial charge in [0.1, 0.15) is 0 Å². The number of benzene rings is 1. The topological polar surface area (TPSA) is 86.9 Å². The third-order valence-electron chi connectivity index (χ3n) is 2.43. The highest BCUT2D eigenvalue weighted by Crippen LogP contribution is 2.21. The fourth-order valence-electron chi connectivity index (χ4n) is 1.59. The van der Waals surface area contributed by atoms with Gasteiger partial charge >= 0.3 is 0 Å². The number of H-pyrrole nitrogens is 1. The van der Waals surface area contributed by atoms with E-state index < -0.39 is 10.0 Å². The summed E-state index contributed by atoms with van der Waals surface area (Å²) >= 11 is 2.08. The minimum Gasteiger partial charge on any atom is -0.316 e. The van der Waals surface area contributed by atoms with Crippen molar-refractivity contribution in [3.8, 4) is 0 Å². The Kier molecular flexibility index (Phi) is 4.42. The van der Waals surface area contributed by atoms with Gasteiger partial charge in [-0.05, 0) is 41.8 Å². The van der Waals surface area contributed by atoms with Crippen molar-refractivity contribution in [1.29, 1.82) is 0 Å². The van der Waals surface area contributed by atoms with Crippen LogP contribution in [-0.4, -0.2) is 25.7 Å². The van der Waals surface area contributed by atoms with Gasteiger partial charge in [-0.25, -0.2) is 0 Å². The quantitative estimate of drug-likeness (QED) is 0.674. The van der Waals surface area contributed by atoms with Crippen LogP contribution in [0.25, 0.3) is 0 Å². The lowest BCUT2D eigenvalue weighted by atomic mass is 10.3. The molecule has 0 bridgehead atoms. The number of aromatic amines is 1. The lowest BCUT2D eigenvalue weighted by Crippen LogP contribution is -2.17. The van der Waals surface area contributed by atoms with E-state index in [2.05, 4.69) is 42.8 Å². The number of halogens is 1. The van der Waals surface area contributed by atoms with Gasteiger partial charge in [-0.3, -0.25) is 9.82 Å². The Morgan fingerprint density at radius 2 is 2.11 bits per heavy atom. The summed E-state index contributed by atoms with van der Waals surface area (Å²) in [5.74, 6) is 0. The summed E-state index contributed by atoms with van der Waals surface area (Å²) in [4.78, 5) is 0. The number of para-hydroxylation sites is 1. The van der Waals surface area contributed by atoms with Crippen LogP contribution in [0.1, 0.15) is 5.56 Å². The standard InChI is InChI=1S/C11H13IN4O2S/c1-13-6-8-7-14-15-11(8)19(17,18)16-10-5-3-2-4-9(10)12/h2-5,7,13,16H,6H2,1H3,(H,14,15). The molecule has 0 aliphatic heterocycles. The second kappa shape index (κ2) is 5.88. The third kappa shape index (κ3) is 3.25. The van der Waals surface area contributed by atoms with Crippen molar-refractivity contribution < 1.29 is 8.42 Å². The van der Waals surface area contributed by atoms with E-state index >= 15 is 0 Å². The first-order valence-electron chi connectivity index (χ1n) is 5.49. The smallest absolute Gasteiger partial charge is 0.279 e. The number of rotatable bonds is 5. The van der Waals surface area contributed by atoms with Crippen molar-refractivity contribution in [2.45, 2.75) is 11.6 Å². The highest BCUT2D eigenvalue weighted by Gasteiger charge is 2.21. The monoisotopic (exact) mass is 392 g/mol. The molecule has 1 aromatic heterocycles. The molecule has 0 saturated heterocycles. The van der Waals surface area contributed by atoms with Gasteiger partial charge in [-0.2, -0.15) is 13.5 Å². The van der Waals surface area contributed by atoms with Crippen LogP contribution >= 0.6 is 22.6 Å². The fraction of sp³-hybridized carbons (Fsp3) is 0.182. The maximum Gasteiger partial charge on any atom is 0.279 e. The molecule has 6 nitrogen and oxygen atoms in total. The molecule has 102 valence electrons. The highest BCUT2D eigenvalue weighted by molar-refractivity contribution is 14.1. The van der Waals surface area contributed by atoms with Crippen LogP contribution in [0, 0.1) is 3.57 Å². The zero-order valence-corrected chi connectivity index (χ0v) is 13.1. The molecule has 3 N–H and O–H groups in total. The molecule has 0 aliphatic carbocycles. The Morgan fingerprint density at radius 1 is 1.37 bits per heavy atom. The van der Waals surface area contributed by atoms with Crippen LogP contribution in [0.2, 0.25) is 0 Å². The minimum absolute atomic E-state index is 0.0847. The number of anilines is 1. The van der Waals surface area contributed by atoms with Crippen molar-refractivity contribution in [3.63, 3.8) is 0 Å². The van der Waals surface area contributed by atoms with Crippen molar-refractivity contribution >= 4 is 38.3 Å². The van der Waals surface area contributed by atoms with Crippen molar-refractivity contribution in [2.24, 2.45) is 0 Å². The number of nitrogens with one attached hydrogen (secondary N) is 3. The van der Waals surface area contributed by atoms with E-state index in [-0.39, 0.29) is 5.03 Å². The van der Waals surface area contributed by atoms with Crippen molar-refractivity contribution in [3.05, 3.63) is 39.6 Å². The number of hydrogen-bond donors (Lipinski definition) is 3. The Bertz CT molecular complexity index is 669. The molecule has 19 heavy (non-hydrogen) atoms. The number of sulfonamides is 1. The molecule has 1 aromatic carbocycles. The van der Waals surface area contributed by atoms with Gasteiger partial charge in [0.05, 0.1) is 11.9 Å². The van der Waals surface area contributed by atoms with Crippen LogP contribution in [0.15, 0.2) is 35.5 Å². The van der Waals surface area contributed by atoms with Crippen LogP contribution in [-0.2, 0) is 16.6 Å². The normalized spacial score (nSPS) is 11.5. The van der Waals surface area contributed by atoms with Gasteiger partial charge in [0, 0.05) is 15.7 Å². The summed E-state index contributed by atoms with van der Waals surface area (Å²) in [6, 6.07) is 7.18. The molecular formula is C11H13IN4O2S. The first kappa shape index (κ1) is 14.3. The maximum absolute atomic E-state index is 12.3. The summed E-state index contributed by atoms with van der Waals surface area (Å²) in [6.45, 7) is 0.429. The molecule has 0 aliphatic rings. The maximum atomic E-state index is 12.3. The largest absolute Gasteiger partial charge is 0.316 e. The molecule has 2 aromatic rings. The molecule has 0 amide bonds. The summed E-state index contributed by atoms with van der Waals surface area (Å²) in [5.41, 5.74) is 1.15. The molecule has 1 heterocycles. The van der Waals surface area contributed by atoms with E-state index in [1.807, 2.05) is 12.1 Å². The fourth-order valence-corrected chi connectivity index (χ4v) is 3.51. The summed E-state index contributed by atoms with van der Waals surface area (Å²) in [7, 11) is -1.91. The average molecular weight is 392 g/mol. The molecule has 0 atom stereocenters. The summed E-state index contributed by atoms with van der Waals surface area (Å²) in [5, 5.41) is 9.30. The third-order valence-corrected chi connectivity index (χ3v) is 4.75.